The molecular weight excluding hydrogens is 326 g/mol. The highest BCUT2D eigenvalue weighted by Crippen LogP contribution is 2.29. The van der Waals surface area contributed by atoms with Gasteiger partial charge in [0.15, 0.2) is 5.78 Å². The van der Waals surface area contributed by atoms with Crippen molar-refractivity contribution in [2.45, 2.75) is 13.0 Å². The highest BCUT2D eigenvalue weighted by Gasteiger charge is 2.19. The van der Waals surface area contributed by atoms with Crippen molar-refractivity contribution in [3.63, 3.8) is 0 Å². The Hall–Kier alpha value is -2.59. The lowest BCUT2D eigenvalue weighted by Crippen LogP contribution is -2.15. The van der Waals surface area contributed by atoms with Crippen LogP contribution in [0.1, 0.15) is 22.5 Å². The van der Waals surface area contributed by atoms with Crippen LogP contribution in [-0.2, 0) is 6.61 Å². The number of carbonyl (C=O) groups excluding carboxylic acids is 1. The highest BCUT2D eigenvalue weighted by molar-refractivity contribution is 6.31. The second-order valence-corrected chi connectivity index (χ2v) is 6.04. The molecule has 0 amide bonds. The summed E-state index contributed by atoms with van der Waals surface area (Å²) in [4.78, 5) is 16.5. The van der Waals surface area contributed by atoms with E-state index in [2.05, 4.69) is 4.98 Å². The summed E-state index contributed by atoms with van der Waals surface area (Å²) in [5.74, 6) is 1.33. The summed E-state index contributed by atoms with van der Waals surface area (Å²) in [5.41, 5.74) is 2.21. The molecule has 0 bridgehead atoms. The standard InChI is InChI=1S/C19H14ClNO3/c20-13-3-1-12-2-4-14(21-17(12)9-13)11-24-15-5-6-19-16(10-15)18(22)7-8-23-19/h1-6,9-10H,7-8,11H2. The minimum atomic E-state index is 0.0835. The first-order valence-corrected chi connectivity index (χ1v) is 8.05. The van der Waals surface area contributed by atoms with Crippen LogP contribution in [0.4, 0.5) is 0 Å². The van der Waals surface area contributed by atoms with Gasteiger partial charge in [0.1, 0.15) is 18.1 Å². The van der Waals surface area contributed by atoms with Crippen molar-refractivity contribution in [1.82, 2.24) is 4.98 Å². The number of hydrogen-bond acceptors (Lipinski definition) is 4. The minimum absolute atomic E-state index is 0.0835. The number of carbonyl (C=O) groups is 1. The van der Waals surface area contributed by atoms with Crippen LogP contribution in [0.5, 0.6) is 11.5 Å². The van der Waals surface area contributed by atoms with E-state index in [9.17, 15) is 4.79 Å². The molecular formula is C19H14ClNO3. The first kappa shape index (κ1) is 15.0. The van der Waals surface area contributed by atoms with Gasteiger partial charge in [0.25, 0.3) is 0 Å². The fourth-order valence-corrected chi connectivity index (χ4v) is 2.87. The Morgan fingerprint density at radius 1 is 1.12 bits per heavy atom. The highest BCUT2D eigenvalue weighted by atomic mass is 35.5. The van der Waals surface area contributed by atoms with Gasteiger partial charge in [0, 0.05) is 16.8 Å². The van der Waals surface area contributed by atoms with Gasteiger partial charge in [-0.3, -0.25) is 4.79 Å². The Labute approximate surface area is 144 Å². The second-order valence-electron chi connectivity index (χ2n) is 5.61. The van der Waals surface area contributed by atoms with Gasteiger partial charge < -0.3 is 9.47 Å². The Morgan fingerprint density at radius 2 is 2.00 bits per heavy atom. The van der Waals surface area contributed by atoms with E-state index in [4.69, 9.17) is 21.1 Å². The number of ketones is 1. The molecule has 0 unspecified atom stereocenters. The van der Waals surface area contributed by atoms with E-state index in [0.717, 1.165) is 16.6 Å². The summed E-state index contributed by atoms with van der Waals surface area (Å²) in [6.07, 6.45) is 0.406. The maximum absolute atomic E-state index is 11.9. The molecule has 1 aliphatic heterocycles. The van der Waals surface area contributed by atoms with Gasteiger partial charge in [-0.1, -0.05) is 23.7 Å². The molecule has 0 N–H and O–H groups in total. The van der Waals surface area contributed by atoms with Crippen molar-refractivity contribution in [2.24, 2.45) is 0 Å². The van der Waals surface area contributed by atoms with Crippen LogP contribution in [0.25, 0.3) is 10.9 Å². The van der Waals surface area contributed by atoms with Crippen LogP contribution in [0.3, 0.4) is 0 Å². The molecule has 120 valence electrons. The molecule has 0 spiro atoms. The van der Waals surface area contributed by atoms with Gasteiger partial charge in [-0.15, -0.1) is 0 Å². The smallest absolute Gasteiger partial charge is 0.170 e. The zero-order valence-corrected chi connectivity index (χ0v) is 13.5. The van der Waals surface area contributed by atoms with Crippen molar-refractivity contribution >= 4 is 28.3 Å². The van der Waals surface area contributed by atoms with Crippen LogP contribution in [0.15, 0.2) is 48.5 Å². The molecule has 24 heavy (non-hydrogen) atoms. The molecule has 2 aromatic carbocycles. The summed E-state index contributed by atoms with van der Waals surface area (Å²) in [7, 11) is 0. The number of Topliss-reactive ketones (excluding diaryl/α,β-unsaturated/α-hetero) is 1. The predicted octanol–water partition coefficient (Wildman–Crippen LogP) is 4.43. The summed E-state index contributed by atoms with van der Waals surface area (Å²) in [6.45, 7) is 0.756. The molecule has 0 saturated heterocycles. The van der Waals surface area contributed by atoms with Crippen LogP contribution in [0, 0.1) is 0 Å². The van der Waals surface area contributed by atoms with Gasteiger partial charge in [-0.25, -0.2) is 4.98 Å². The third-order valence-corrected chi connectivity index (χ3v) is 4.17. The van der Waals surface area contributed by atoms with Crippen molar-refractivity contribution in [3.05, 3.63) is 64.8 Å². The first-order chi connectivity index (χ1) is 11.7. The number of halogens is 1. The lowest BCUT2D eigenvalue weighted by atomic mass is 10.0. The number of hydrogen-bond donors (Lipinski definition) is 0. The normalized spacial score (nSPS) is 13.5. The monoisotopic (exact) mass is 339 g/mol. The third-order valence-electron chi connectivity index (χ3n) is 3.94. The van der Waals surface area contributed by atoms with E-state index in [-0.39, 0.29) is 5.78 Å². The van der Waals surface area contributed by atoms with Gasteiger partial charge in [0.05, 0.1) is 23.4 Å². The molecule has 0 saturated carbocycles. The lowest BCUT2D eigenvalue weighted by molar-refractivity contribution is 0.0932. The number of nitrogens with zero attached hydrogens (tertiary/aromatic N) is 1. The quantitative estimate of drug-likeness (QED) is 0.708. The SMILES string of the molecule is O=C1CCOc2ccc(OCc3ccc4ccc(Cl)cc4n3)cc21. The molecule has 0 fully saturated rings. The molecule has 0 aliphatic carbocycles. The first-order valence-electron chi connectivity index (χ1n) is 7.67. The van der Waals surface area contributed by atoms with Crippen molar-refractivity contribution in [3.8, 4) is 11.5 Å². The largest absolute Gasteiger partial charge is 0.492 e. The number of ether oxygens (including phenoxy) is 2. The third kappa shape index (κ3) is 2.93. The Bertz CT molecular complexity index is 939. The molecule has 4 nitrogen and oxygen atoms in total. The predicted molar refractivity (Wildman–Crippen MR) is 92.0 cm³/mol. The fourth-order valence-electron chi connectivity index (χ4n) is 2.70. The number of benzene rings is 2. The van der Waals surface area contributed by atoms with Crippen LogP contribution >= 0.6 is 11.6 Å². The molecule has 1 aromatic heterocycles. The molecule has 2 heterocycles. The number of fused-ring (bicyclic) bond motifs is 2. The topological polar surface area (TPSA) is 48.4 Å². The van der Waals surface area contributed by atoms with E-state index >= 15 is 0 Å². The Morgan fingerprint density at radius 3 is 2.92 bits per heavy atom. The summed E-state index contributed by atoms with van der Waals surface area (Å²) < 4.78 is 11.3. The molecule has 4 rings (SSSR count). The van der Waals surface area contributed by atoms with Gasteiger partial charge in [-0.05, 0) is 36.4 Å². The minimum Gasteiger partial charge on any atom is -0.492 e. The molecule has 0 atom stereocenters. The van der Waals surface area contributed by atoms with Gasteiger partial charge in [0.2, 0.25) is 0 Å². The molecule has 5 heteroatoms. The number of rotatable bonds is 3. The second kappa shape index (κ2) is 6.13. The molecule has 0 radical (unpaired) electrons. The van der Waals surface area contributed by atoms with E-state index in [0.29, 0.717) is 41.7 Å². The van der Waals surface area contributed by atoms with Crippen LogP contribution < -0.4 is 9.47 Å². The van der Waals surface area contributed by atoms with Gasteiger partial charge >= 0.3 is 0 Å². The maximum Gasteiger partial charge on any atom is 0.170 e. The van der Waals surface area contributed by atoms with Crippen LogP contribution in [0.2, 0.25) is 5.02 Å². The molecule has 1 aliphatic rings. The average Bonchev–Trinajstić information content (AvgIpc) is 2.60. The van der Waals surface area contributed by atoms with Crippen molar-refractivity contribution < 1.29 is 14.3 Å². The van der Waals surface area contributed by atoms with Crippen LogP contribution in [-0.4, -0.2) is 17.4 Å². The Balaban J connectivity index is 1.54. The van der Waals surface area contributed by atoms with E-state index in [1.165, 1.54) is 0 Å². The van der Waals surface area contributed by atoms with E-state index in [1.54, 1.807) is 18.2 Å². The van der Waals surface area contributed by atoms with E-state index < -0.39 is 0 Å². The maximum atomic E-state index is 11.9. The summed E-state index contributed by atoms with van der Waals surface area (Å²) in [6, 6.07) is 14.8. The summed E-state index contributed by atoms with van der Waals surface area (Å²) in [5, 5.41) is 1.68. The number of aromatic nitrogens is 1. The molecule has 3 aromatic rings. The number of pyridine rings is 1. The van der Waals surface area contributed by atoms with Crippen molar-refractivity contribution in [2.75, 3.05) is 6.61 Å². The zero-order valence-electron chi connectivity index (χ0n) is 12.8. The van der Waals surface area contributed by atoms with Gasteiger partial charge in [-0.2, -0.15) is 0 Å². The fraction of sp³-hybridized carbons (Fsp3) is 0.158. The van der Waals surface area contributed by atoms with Crippen molar-refractivity contribution in [1.29, 1.82) is 0 Å². The summed E-state index contributed by atoms with van der Waals surface area (Å²) >= 11 is 6.01. The average molecular weight is 340 g/mol. The van der Waals surface area contributed by atoms with E-state index in [1.807, 2.05) is 30.3 Å². The zero-order chi connectivity index (χ0) is 16.5. The Kier molecular flexibility index (Phi) is 3.82. The lowest BCUT2D eigenvalue weighted by Gasteiger charge is -2.17.